The number of benzene rings is 2. The Bertz CT molecular complexity index is 862. The predicted molar refractivity (Wildman–Crippen MR) is 123 cm³/mol. The topological polar surface area (TPSA) is 56.4 Å². The minimum absolute atomic E-state index is 0.0541. The molecule has 166 valence electrons. The van der Waals surface area contributed by atoms with E-state index in [9.17, 15) is 4.79 Å². The Labute approximate surface area is 185 Å². The summed E-state index contributed by atoms with van der Waals surface area (Å²) in [5.41, 5.74) is 2.23. The first-order valence-electron chi connectivity index (χ1n) is 11.0. The van der Waals surface area contributed by atoms with Gasteiger partial charge in [-0.1, -0.05) is 42.5 Å². The number of methoxy groups -OCH3 is 2. The maximum absolute atomic E-state index is 12.7. The van der Waals surface area contributed by atoms with Crippen molar-refractivity contribution in [3.63, 3.8) is 0 Å². The summed E-state index contributed by atoms with van der Waals surface area (Å²) in [5, 5.41) is 3.07. The minimum atomic E-state index is -0.0541. The maximum Gasteiger partial charge on any atom is 0.278 e. The van der Waals surface area contributed by atoms with Crippen LogP contribution in [0.5, 0.6) is 11.5 Å². The third kappa shape index (κ3) is 6.57. The predicted octanol–water partition coefficient (Wildman–Crippen LogP) is 0.205. The lowest BCUT2D eigenvalue weighted by Gasteiger charge is -2.32. The van der Waals surface area contributed by atoms with Crippen LogP contribution >= 0.6 is 0 Å². The highest BCUT2D eigenvalue weighted by Crippen LogP contribution is 2.27. The first kappa shape index (κ1) is 22.8. The molecule has 0 unspecified atom stereocenters. The van der Waals surface area contributed by atoms with Crippen molar-refractivity contribution in [3.05, 3.63) is 65.7 Å². The van der Waals surface area contributed by atoms with Crippen molar-refractivity contribution in [1.82, 2.24) is 5.32 Å². The Morgan fingerprint density at radius 2 is 1.74 bits per heavy atom. The van der Waals surface area contributed by atoms with Gasteiger partial charge in [-0.2, -0.15) is 0 Å². The number of quaternary nitrogens is 2. The van der Waals surface area contributed by atoms with Crippen molar-refractivity contribution in [2.75, 3.05) is 46.9 Å². The van der Waals surface area contributed by atoms with Gasteiger partial charge in [-0.05, 0) is 36.3 Å². The van der Waals surface area contributed by atoms with E-state index in [1.807, 2.05) is 31.2 Å². The van der Waals surface area contributed by atoms with Gasteiger partial charge in [-0.3, -0.25) is 4.79 Å². The normalized spacial score (nSPS) is 19.7. The number of amides is 1. The molecule has 1 amide bonds. The van der Waals surface area contributed by atoms with Crippen molar-refractivity contribution in [2.24, 2.45) is 0 Å². The van der Waals surface area contributed by atoms with Gasteiger partial charge in [0.1, 0.15) is 26.2 Å². The van der Waals surface area contributed by atoms with Gasteiger partial charge in [0.15, 0.2) is 17.5 Å². The zero-order valence-corrected chi connectivity index (χ0v) is 18.8. The van der Waals surface area contributed by atoms with E-state index in [2.05, 4.69) is 41.7 Å². The summed E-state index contributed by atoms with van der Waals surface area (Å²) in [6.45, 7) is 7.74. The van der Waals surface area contributed by atoms with Crippen LogP contribution in [0.25, 0.3) is 6.08 Å². The van der Waals surface area contributed by atoms with Crippen molar-refractivity contribution in [1.29, 1.82) is 0 Å². The lowest BCUT2D eigenvalue weighted by atomic mass is 10.1. The maximum atomic E-state index is 12.7. The second-order valence-electron chi connectivity index (χ2n) is 8.05. The Morgan fingerprint density at radius 3 is 2.42 bits per heavy atom. The molecule has 6 heteroatoms. The smallest absolute Gasteiger partial charge is 0.278 e. The number of rotatable bonds is 9. The van der Waals surface area contributed by atoms with Gasteiger partial charge in [-0.25, -0.2) is 0 Å². The molecule has 2 aromatic carbocycles. The Kier molecular flexibility index (Phi) is 8.50. The van der Waals surface area contributed by atoms with Crippen LogP contribution in [0, 0.1) is 0 Å². The monoisotopic (exact) mass is 425 g/mol. The van der Waals surface area contributed by atoms with Gasteiger partial charge in [0.05, 0.1) is 20.8 Å². The highest BCUT2D eigenvalue weighted by atomic mass is 16.5. The number of ether oxygens (including phenoxy) is 2. The van der Waals surface area contributed by atoms with E-state index >= 15 is 0 Å². The van der Waals surface area contributed by atoms with Gasteiger partial charge in [0.25, 0.3) is 5.91 Å². The van der Waals surface area contributed by atoms with Crippen LogP contribution in [0.1, 0.15) is 18.1 Å². The van der Waals surface area contributed by atoms with Crippen LogP contribution in [0.3, 0.4) is 0 Å². The molecular weight excluding hydrogens is 390 g/mol. The average Bonchev–Trinajstić information content (AvgIpc) is 2.83. The standard InChI is InChI=1S/C25H33N3O3/c1-20(25(29)26-19-22-11-12-23(30-2)24(18-22)31-3)28-16-14-27(15-17-28)13-7-10-21-8-5-4-6-9-21/h4-12,18,20H,13-17,19H2,1-3H3,(H,26,29)/p+2/b10-7+/t20-/m0/s1. The molecule has 0 radical (unpaired) electrons. The Hall–Kier alpha value is -2.83. The van der Waals surface area contributed by atoms with Crippen LogP contribution in [-0.2, 0) is 11.3 Å². The molecule has 0 aromatic heterocycles. The summed E-state index contributed by atoms with van der Waals surface area (Å²) in [5.74, 6) is 1.46. The number of carbonyl (C=O) groups excluding carboxylic acids is 1. The zero-order chi connectivity index (χ0) is 22.1. The summed E-state index contributed by atoms with van der Waals surface area (Å²) < 4.78 is 10.6. The lowest BCUT2D eigenvalue weighted by Crippen LogP contribution is -3.30. The van der Waals surface area contributed by atoms with Crippen LogP contribution in [0.4, 0.5) is 0 Å². The van der Waals surface area contributed by atoms with E-state index in [0.717, 1.165) is 38.3 Å². The molecule has 0 spiro atoms. The first-order chi connectivity index (χ1) is 15.1. The molecule has 1 atom stereocenters. The molecule has 1 aliphatic heterocycles. The average molecular weight is 426 g/mol. The number of hydrogen-bond donors (Lipinski definition) is 3. The van der Waals surface area contributed by atoms with E-state index in [0.29, 0.717) is 18.0 Å². The zero-order valence-electron chi connectivity index (χ0n) is 18.8. The van der Waals surface area contributed by atoms with Crippen LogP contribution in [0.15, 0.2) is 54.6 Å². The van der Waals surface area contributed by atoms with Crippen molar-refractivity contribution < 1.29 is 24.1 Å². The highest BCUT2D eigenvalue weighted by molar-refractivity contribution is 5.79. The van der Waals surface area contributed by atoms with E-state index in [-0.39, 0.29) is 11.9 Å². The number of carbonyl (C=O) groups is 1. The van der Waals surface area contributed by atoms with E-state index in [4.69, 9.17) is 9.47 Å². The first-order valence-corrected chi connectivity index (χ1v) is 11.0. The van der Waals surface area contributed by atoms with Crippen molar-refractivity contribution >= 4 is 12.0 Å². The molecular formula is C25H35N3O3+2. The molecule has 1 fully saturated rings. The molecule has 3 rings (SSSR count). The number of piperazine rings is 1. The van der Waals surface area contributed by atoms with Crippen LogP contribution in [-0.4, -0.2) is 58.9 Å². The van der Waals surface area contributed by atoms with Gasteiger partial charge < -0.3 is 24.6 Å². The fourth-order valence-electron chi connectivity index (χ4n) is 4.01. The Balaban J connectivity index is 1.42. The SMILES string of the molecule is COc1ccc(CNC(=O)[C@H](C)[NH+]2CC[NH+](C/C=C/c3ccccc3)CC2)cc1OC. The second kappa shape index (κ2) is 11.5. The van der Waals surface area contributed by atoms with E-state index in [1.54, 1.807) is 19.1 Å². The van der Waals surface area contributed by atoms with Crippen LogP contribution < -0.4 is 24.6 Å². The van der Waals surface area contributed by atoms with E-state index < -0.39 is 0 Å². The van der Waals surface area contributed by atoms with Crippen LogP contribution in [0.2, 0.25) is 0 Å². The highest BCUT2D eigenvalue weighted by Gasteiger charge is 2.30. The van der Waals surface area contributed by atoms with Gasteiger partial charge in [-0.15, -0.1) is 0 Å². The largest absolute Gasteiger partial charge is 0.493 e. The van der Waals surface area contributed by atoms with Crippen molar-refractivity contribution in [2.45, 2.75) is 19.5 Å². The molecule has 0 saturated carbocycles. The van der Waals surface area contributed by atoms with Gasteiger partial charge in [0.2, 0.25) is 0 Å². The minimum Gasteiger partial charge on any atom is -0.493 e. The number of hydrogen-bond acceptors (Lipinski definition) is 3. The fraction of sp³-hybridized carbons (Fsp3) is 0.400. The molecule has 1 saturated heterocycles. The van der Waals surface area contributed by atoms with Gasteiger partial charge >= 0.3 is 0 Å². The molecule has 2 aromatic rings. The third-order valence-electron chi connectivity index (χ3n) is 6.04. The summed E-state index contributed by atoms with van der Waals surface area (Å²) in [4.78, 5) is 15.6. The Morgan fingerprint density at radius 1 is 1.03 bits per heavy atom. The number of nitrogens with one attached hydrogen (secondary N) is 3. The molecule has 0 aliphatic carbocycles. The molecule has 31 heavy (non-hydrogen) atoms. The third-order valence-corrected chi connectivity index (χ3v) is 6.04. The summed E-state index contributed by atoms with van der Waals surface area (Å²) >= 11 is 0. The molecule has 0 bridgehead atoms. The summed E-state index contributed by atoms with van der Waals surface area (Å²) in [7, 11) is 3.23. The second-order valence-corrected chi connectivity index (χ2v) is 8.05. The molecule has 1 aliphatic rings. The lowest BCUT2D eigenvalue weighted by molar-refractivity contribution is -1.02. The van der Waals surface area contributed by atoms with Crippen molar-refractivity contribution in [3.8, 4) is 11.5 Å². The summed E-state index contributed by atoms with van der Waals surface area (Å²) in [6, 6.07) is 16.1. The van der Waals surface area contributed by atoms with Gasteiger partial charge in [0, 0.05) is 6.54 Å². The molecule has 1 heterocycles. The quantitative estimate of drug-likeness (QED) is 0.538. The molecule has 6 nitrogen and oxygen atoms in total. The van der Waals surface area contributed by atoms with E-state index in [1.165, 1.54) is 10.5 Å². The summed E-state index contributed by atoms with van der Waals surface area (Å²) in [6.07, 6.45) is 4.45. The fourth-order valence-corrected chi connectivity index (χ4v) is 4.01. The molecule has 3 N–H and O–H groups in total.